The van der Waals surface area contributed by atoms with Crippen molar-refractivity contribution in [3.05, 3.63) is 47.7 Å². The maximum atomic E-state index is 12.2. The summed E-state index contributed by atoms with van der Waals surface area (Å²) in [4.78, 5) is 25.4. The van der Waals surface area contributed by atoms with E-state index in [4.69, 9.17) is 10.3 Å². The van der Waals surface area contributed by atoms with Crippen molar-refractivity contribution in [2.24, 2.45) is 5.73 Å². The molecule has 0 bridgehead atoms. The number of hydrogen-bond acceptors (Lipinski definition) is 5. The molecule has 0 fully saturated rings. The van der Waals surface area contributed by atoms with E-state index in [0.29, 0.717) is 17.1 Å². The zero-order chi connectivity index (χ0) is 16.1. The van der Waals surface area contributed by atoms with Gasteiger partial charge in [-0.15, -0.1) is 0 Å². The van der Waals surface area contributed by atoms with E-state index < -0.39 is 6.04 Å². The SMILES string of the molecule is Cc1cc(NC(=O)CN(C)C(=O)C(N)c2ccccc2)no1. The molecule has 1 heterocycles. The van der Waals surface area contributed by atoms with Crippen LogP contribution in [0.25, 0.3) is 0 Å². The summed E-state index contributed by atoms with van der Waals surface area (Å²) < 4.78 is 4.85. The number of likely N-dealkylation sites (N-methyl/N-ethyl adjacent to an activating group) is 1. The lowest BCUT2D eigenvalue weighted by Crippen LogP contribution is -2.40. The van der Waals surface area contributed by atoms with Crippen LogP contribution in [0.2, 0.25) is 0 Å². The third-order valence-electron chi connectivity index (χ3n) is 3.08. The second-order valence-corrected chi connectivity index (χ2v) is 4.95. The number of carbonyl (C=O) groups is 2. The normalized spacial score (nSPS) is 11.8. The Kier molecular flexibility index (Phi) is 4.90. The number of nitrogens with two attached hydrogens (primary N) is 1. The molecule has 1 atom stereocenters. The fourth-order valence-corrected chi connectivity index (χ4v) is 1.94. The third kappa shape index (κ3) is 3.92. The van der Waals surface area contributed by atoms with Gasteiger partial charge in [0.2, 0.25) is 11.8 Å². The standard InChI is InChI=1S/C15H18N4O3/c1-10-8-12(18-22-10)17-13(20)9-19(2)15(21)14(16)11-6-4-3-5-7-11/h3-8,14H,9,16H2,1-2H3,(H,17,18,20). The topological polar surface area (TPSA) is 101 Å². The minimum atomic E-state index is -0.798. The lowest BCUT2D eigenvalue weighted by Gasteiger charge is -2.20. The van der Waals surface area contributed by atoms with Crippen LogP contribution in [0, 0.1) is 6.92 Å². The van der Waals surface area contributed by atoms with Gasteiger partial charge in [-0.3, -0.25) is 9.59 Å². The van der Waals surface area contributed by atoms with Crippen LogP contribution in [0.15, 0.2) is 40.9 Å². The molecule has 0 aliphatic heterocycles. The molecule has 3 N–H and O–H groups in total. The van der Waals surface area contributed by atoms with Gasteiger partial charge in [-0.05, 0) is 12.5 Å². The summed E-state index contributed by atoms with van der Waals surface area (Å²) in [5, 5.41) is 6.20. The second-order valence-electron chi connectivity index (χ2n) is 4.95. The Balaban J connectivity index is 1.92. The number of benzene rings is 1. The smallest absolute Gasteiger partial charge is 0.245 e. The summed E-state index contributed by atoms with van der Waals surface area (Å²) in [6.07, 6.45) is 0. The maximum absolute atomic E-state index is 12.2. The zero-order valence-electron chi connectivity index (χ0n) is 12.4. The second kappa shape index (κ2) is 6.86. The molecule has 0 spiro atoms. The Morgan fingerprint density at radius 2 is 2.05 bits per heavy atom. The van der Waals surface area contributed by atoms with Gasteiger partial charge in [0, 0.05) is 13.1 Å². The van der Waals surface area contributed by atoms with E-state index in [0.717, 1.165) is 0 Å². The monoisotopic (exact) mass is 302 g/mol. The molecule has 2 amide bonds. The average Bonchev–Trinajstić information content (AvgIpc) is 2.91. The van der Waals surface area contributed by atoms with Gasteiger partial charge in [-0.25, -0.2) is 0 Å². The van der Waals surface area contributed by atoms with Gasteiger partial charge >= 0.3 is 0 Å². The van der Waals surface area contributed by atoms with E-state index in [2.05, 4.69) is 10.5 Å². The van der Waals surface area contributed by atoms with Crippen LogP contribution in [-0.2, 0) is 9.59 Å². The summed E-state index contributed by atoms with van der Waals surface area (Å²) >= 11 is 0. The first-order chi connectivity index (χ1) is 10.5. The summed E-state index contributed by atoms with van der Waals surface area (Å²) in [5.74, 6) is 0.198. The first kappa shape index (κ1) is 15.7. The molecule has 1 aromatic carbocycles. The number of rotatable bonds is 5. The Labute approximate surface area is 128 Å². The molecule has 7 nitrogen and oxygen atoms in total. The number of amides is 2. The van der Waals surface area contributed by atoms with Gasteiger partial charge in [0.25, 0.3) is 0 Å². The predicted octanol–water partition coefficient (Wildman–Crippen LogP) is 1.08. The molecule has 2 rings (SSSR count). The van der Waals surface area contributed by atoms with Crippen LogP contribution in [0.1, 0.15) is 17.4 Å². The van der Waals surface area contributed by atoms with Crippen molar-refractivity contribution in [3.63, 3.8) is 0 Å². The van der Waals surface area contributed by atoms with Gasteiger partial charge in [0.15, 0.2) is 5.82 Å². The highest BCUT2D eigenvalue weighted by atomic mass is 16.5. The van der Waals surface area contributed by atoms with Crippen molar-refractivity contribution in [3.8, 4) is 0 Å². The number of carbonyl (C=O) groups excluding carboxylic acids is 2. The molecule has 7 heteroatoms. The molecule has 0 saturated carbocycles. The lowest BCUT2D eigenvalue weighted by atomic mass is 10.1. The van der Waals surface area contributed by atoms with Crippen molar-refractivity contribution in [1.29, 1.82) is 0 Å². The van der Waals surface area contributed by atoms with Crippen molar-refractivity contribution < 1.29 is 14.1 Å². The number of nitrogens with one attached hydrogen (secondary N) is 1. The minimum absolute atomic E-state index is 0.120. The van der Waals surface area contributed by atoms with E-state index in [1.165, 1.54) is 11.9 Å². The fraction of sp³-hybridized carbons (Fsp3) is 0.267. The summed E-state index contributed by atoms with van der Waals surface area (Å²) in [5.41, 5.74) is 6.62. The van der Waals surface area contributed by atoms with Gasteiger partial charge in [-0.1, -0.05) is 35.5 Å². The van der Waals surface area contributed by atoms with Crippen LogP contribution >= 0.6 is 0 Å². The quantitative estimate of drug-likeness (QED) is 0.860. The van der Waals surface area contributed by atoms with Crippen molar-refractivity contribution in [2.45, 2.75) is 13.0 Å². The molecule has 116 valence electrons. The first-order valence-electron chi connectivity index (χ1n) is 6.76. The number of hydrogen-bond donors (Lipinski definition) is 2. The molecule has 22 heavy (non-hydrogen) atoms. The molecular formula is C15H18N4O3. The van der Waals surface area contributed by atoms with E-state index in [1.54, 1.807) is 25.1 Å². The van der Waals surface area contributed by atoms with Crippen LogP contribution in [0.5, 0.6) is 0 Å². The van der Waals surface area contributed by atoms with E-state index in [1.807, 2.05) is 18.2 Å². The van der Waals surface area contributed by atoms with Crippen LogP contribution < -0.4 is 11.1 Å². The summed E-state index contributed by atoms with van der Waals surface area (Å²) in [6.45, 7) is 1.60. The summed E-state index contributed by atoms with van der Waals surface area (Å²) in [7, 11) is 1.53. The molecule has 0 aliphatic rings. The highest BCUT2D eigenvalue weighted by Crippen LogP contribution is 2.12. The average molecular weight is 302 g/mol. The van der Waals surface area contributed by atoms with Crippen LogP contribution in [0.4, 0.5) is 5.82 Å². The first-order valence-corrected chi connectivity index (χ1v) is 6.76. The predicted molar refractivity (Wildman–Crippen MR) is 80.9 cm³/mol. The van der Waals surface area contributed by atoms with Crippen LogP contribution in [-0.4, -0.2) is 35.5 Å². The molecule has 0 aliphatic carbocycles. The summed E-state index contributed by atoms with van der Waals surface area (Å²) in [6, 6.07) is 9.80. The van der Waals surface area contributed by atoms with E-state index in [9.17, 15) is 9.59 Å². The third-order valence-corrected chi connectivity index (χ3v) is 3.08. The highest BCUT2D eigenvalue weighted by Gasteiger charge is 2.21. The van der Waals surface area contributed by atoms with Crippen molar-refractivity contribution in [1.82, 2.24) is 10.1 Å². The van der Waals surface area contributed by atoms with Gasteiger partial charge < -0.3 is 20.5 Å². The van der Waals surface area contributed by atoms with Gasteiger partial charge in [-0.2, -0.15) is 0 Å². The van der Waals surface area contributed by atoms with Crippen molar-refractivity contribution in [2.75, 3.05) is 18.9 Å². The number of aromatic nitrogens is 1. The van der Waals surface area contributed by atoms with Gasteiger partial charge in [0.1, 0.15) is 11.8 Å². The van der Waals surface area contributed by atoms with Crippen LogP contribution in [0.3, 0.4) is 0 Å². The van der Waals surface area contributed by atoms with Crippen molar-refractivity contribution >= 4 is 17.6 Å². The molecular weight excluding hydrogens is 284 g/mol. The van der Waals surface area contributed by atoms with E-state index in [-0.39, 0.29) is 18.4 Å². The Bertz CT molecular complexity index is 654. The number of anilines is 1. The Hall–Kier alpha value is -2.67. The van der Waals surface area contributed by atoms with E-state index >= 15 is 0 Å². The zero-order valence-corrected chi connectivity index (χ0v) is 12.4. The molecule has 1 aromatic heterocycles. The van der Waals surface area contributed by atoms with Gasteiger partial charge in [0.05, 0.1) is 6.54 Å². The Morgan fingerprint density at radius 3 is 2.64 bits per heavy atom. The molecule has 0 radical (unpaired) electrons. The lowest BCUT2D eigenvalue weighted by molar-refractivity contribution is -0.134. The fourth-order valence-electron chi connectivity index (χ4n) is 1.94. The molecule has 0 saturated heterocycles. The largest absolute Gasteiger partial charge is 0.360 e. The molecule has 1 unspecified atom stereocenters. The minimum Gasteiger partial charge on any atom is -0.360 e. The number of aryl methyl sites for hydroxylation is 1. The highest BCUT2D eigenvalue weighted by molar-refractivity contribution is 5.94. The number of nitrogens with zero attached hydrogens (tertiary/aromatic N) is 2. The Morgan fingerprint density at radius 1 is 1.36 bits per heavy atom. The maximum Gasteiger partial charge on any atom is 0.245 e. The molecule has 2 aromatic rings.